The molecule has 126 valence electrons. The van der Waals surface area contributed by atoms with E-state index in [2.05, 4.69) is 10.7 Å². The van der Waals surface area contributed by atoms with Gasteiger partial charge >= 0.3 is 12.1 Å². The number of hydrazine groups is 1. The Morgan fingerprint density at radius 2 is 1.83 bits per heavy atom. The van der Waals surface area contributed by atoms with Crippen molar-refractivity contribution >= 4 is 17.9 Å². The highest BCUT2D eigenvalue weighted by Crippen LogP contribution is 2.02. The van der Waals surface area contributed by atoms with Crippen LogP contribution < -0.4 is 10.7 Å². The molecule has 1 aromatic carbocycles. The standard InChI is InChI=1S/C16H23N3O4/c1-12(2)10-19(15(21)17-9-13(3)20)18-16(22)23-11-14-7-5-4-6-8-14/h4-8,12H,9-11H2,1-3H3,(H,17,21)(H,18,22). The molecule has 0 unspecified atom stereocenters. The van der Waals surface area contributed by atoms with Gasteiger partial charge < -0.3 is 10.1 Å². The topological polar surface area (TPSA) is 87.7 Å². The largest absolute Gasteiger partial charge is 0.443 e. The third-order valence-electron chi connectivity index (χ3n) is 2.72. The Bertz CT molecular complexity index is 531. The predicted octanol–water partition coefficient (Wildman–Crippen LogP) is 2.08. The molecule has 0 spiro atoms. The molecule has 0 aliphatic heterocycles. The van der Waals surface area contributed by atoms with Gasteiger partial charge in [-0.15, -0.1) is 0 Å². The summed E-state index contributed by atoms with van der Waals surface area (Å²) in [4.78, 5) is 34.7. The molecule has 1 rings (SSSR count). The molecule has 2 N–H and O–H groups in total. The highest BCUT2D eigenvalue weighted by molar-refractivity contribution is 5.84. The Balaban J connectivity index is 2.52. The average molecular weight is 321 g/mol. The first-order valence-corrected chi connectivity index (χ1v) is 7.40. The van der Waals surface area contributed by atoms with Gasteiger partial charge in [0.2, 0.25) is 0 Å². The van der Waals surface area contributed by atoms with E-state index in [1.807, 2.05) is 44.2 Å². The number of carbonyl (C=O) groups is 3. The lowest BCUT2D eigenvalue weighted by atomic mass is 10.2. The molecular weight excluding hydrogens is 298 g/mol. The Morgan fingerprint density at radius 3 is 2.39 bits per heavy atom. The van der Waals surface area contributed by atoms with E-state index in [0.717, 1.165) is 10.6 Å². The number of ether oxygens (including phenoxy) is 1. The summed E-state index contributed by atoms with van der Waals surface area (Å²) in [5.41, 5.74) is 3.24. The summed E-state index contributed by atoms with van der Waals surface area (Å²) in [6.07, 6.45) is -0.729. The normalized spacial score (nSPS) is 10.1. The molecule has 0 radical (unpaired) electrons. The molecule has 0 heterocycles. The molecule has 0 fully saturated rings. The molecule has 0 aliphatic carbocycles. The molecule has 0 bridgehead atoms. The molecule has 0 atom stereocenters. The summed E-state index contributed by atoms with van der Waals surface area (Å²) in [6, 6.07) is 8.67. The van der Waals surface area contributed by atoms with Crippen molar-refractivity contribution in [2.24, 2.45) is 5.92 Å². The molecule has 3 amide bonds. The van der Waals surface area contributed by atoms with Crippen molar-refractivity contribution in [1.82, 2.24) is 15.8 Å². The molecule has 0 aromatic heterocycles. The lowest BCUT2D eigenvalue weighted by molar-refractivity contribution is -0.116. The Hall–Kier alpha value is -2.57. The van der Waals surface area contributed by atoms with Gasteiger partial charge in [-0.2, -0.15) is 0 Å². The summed E-state index contributed by atoms with van der Waals surface area (Å²) < 4.78 is 5.08. The van der Waals surface area contributed by atoms with Gasteiger partial charge in [0, 0.05) is 6.54 Å². The number of hydrogen-bond acceptors (Lipinski definition) is 4. The number of hydrogen-bond donors (Lipinski definition) is 2. The quantitative estimate of drug-likeness (QED) is 0.785. The first-order chi connectivity index (χ1) is 10.9. The maximum atomic E-state index is 12.0. The van der Waals surface area contributed by atoms with Gasteiger partial charge in [-0.25, -0.2) is 20.0 Å². The van der Waals surface area contributed by atoms with Crippen LogP contribution in [0.3, 0.4) is 0 Å². The molecule has 0 saturated carbocycles. The van der Waals surface area contributed by atoms with Gasteiger partial charge in [0.05, 0.1) is 6.54 Å². The molecule has 0 aliphatic rings. The highest BCUT2D eigenvalue weighted by Gasteiger charge is 2.18. The van der Waals surface area contributed by atoms with Crippen LogP contribution in [0.25, 0.3) is 0 Å². The zero-order valence-corrected chi connectivity index (χ0v) is 13.7. The van der Waals surface area contributed by atoms with Crippen LogP contribution in [0.5, 0.6) is 0 Å². The third kappa shape index (κ3) is 7.85. The van der Waals surface area contributed by atoms with Gasteiger partial charge in [-0.3, -0.25) is 4.79 Å². The van der Waals surface area contributed by atoms with E-state index in [4.69, 9.17) is 4.74 Å². The predicted molar refractivity (Wildman–Crippen MR) is 85.4 cm³/mol. The maximum absolute atomic E-state index is 12.0. The van der Waals surface area contributed by atoms with E-state index in [1.165, 1.54) is 6.92 Å². The number of amides is 3. The van der Waals surface area contributed by atoms with Crippen molar-refractivity contribution < 1.29 is 19.1 Å². The van der Waals surface area contributed by atoms with Crippen LogP contribution in [0.15, 0.2) is 30.3 Å². The summed E-state index contributed by atoms with van der Waals surface area (Å²) >= 11 is 0. The van der Waals surface area contributed by atoms with Gasteiger partial charge in [0.1, 0.15) is 12.4 Å². The van der Waals surface area contributed by atoms with E-state index < -0.39 is 12.1 Å². The average Bonchev–Trinajstić information content (AvgIpc) is 2.50. The van der Waals surface area contributed by atoms with Crippen molar-refractivity contribution in [2.75, 3.05) is 13.1 Å². The number of nitrogens with one attached hydrogen (secondary N) is 2. The van der Waals surface area contributed by atoms with Crippen molar-refractivity contribution in [3.8, 4) is 0 Å². The van der Waals surface area contributed by atoms with Gasteiger partial charge in [0.25, 0.3) is 0 Å². The number of carbonyl (C=O) groups excluding carboxylic acids is 3. The zero-order valence-electron chi connectivity index (χ0n) is 13.7. The molecule has 1 aromatic rings. The lowest BCUT2D eigenvalue weighted by Crippen LogP contribution is -2.52. The van der Waals surface area contributed by atoms with Crippen molar-refractivity contribution in [3.05, 3.63) is 35.9 Å². The minimum Gasteiger partial charge on any atom is -0.443 e. The summed E-state index contributed by atoms with van der Waals surface area (Å²) in [7, 11) is 0. The van der Waals surface area contributed by atoms with Crippen LogP contribution in [-0.2, 0) is 16.1 Å². The second-order valence-corrected chi connectivity index (χ2v) is 5.54. The summed E-state index contributed by atoms with van der Waals surface area (Å²) in [5, 5.41) is 3.55. The second kappa shape index (κ2) is 9.45. The minimum atomic E-state index is -0.729. The second-order valence-electron chi connectivity index (χ2n) is 5.54. The number of nitrogens with zero attached hydrogens (tertiary/aromatic N) is 1. The zero-order chi connectivity index (χ0) is 17.2. The van der Waals surface area contributed by atoms with Crippen molar-refractivity contribution in [2.45, 2.75) is 27.4 Å². The number of ketones is 1. The van der Waals surface area contributed by atoms with Crippen molar-refractivity contribution in [3.63, 3.8) is 0 Å². The SMILES string of the molecule is CC(=O)CNC(=O)N(CC(C)C)NC(=O)OCc1ccccc1. The maximum Gasteiger partial charge on any atom is 0.426 e. The van der Waals surface area contributed by atoms with Crippen LogP contribution in [0.4, 0.5) is 9.59 Å². The molecule has 23 heavy (non-hydrogen) atoms. The first-order valence-electron chi connectivity index (χ1n) is 7.40. The van der Waals surface area contributed by atoms with Gasteiger partial charge in [-0.1, -0.05) is 44.2 Å². The molecule has 7 heteroatoms. The fraction of sp³-hybridized carbons (Fsp3) is 0.438. The van der Waals surface area contributed by atoms with E-state index in [-0.39, 0.29) is 24.9 Å². The molecule has 7 nitrogen and oxygen atoms in total. The van der Waals surface area contributed by atoms with E-state index >= 15 is 0 Å². The third-order valence-corrected chi connectivity index (χ3v) is 2.72. The molecular formula is C16H23N3O4. The Morgan fingerprint density at radius 1 is 1.17 bits per heavy atom. The summed E-state index contributed by atoms with van der Waals surface area (Å²) in [6.45, 7) is 5.49. The Labute approximate surface area is 136 Å². The fourth-order valence-electron chi connectivity index (χ4n) is 1.71. The molecule has 0 saturated heterocycles. The van der Waals surface area contributed by atoms with Crippen LogP contribution in [0.1, 0.15) is 26.3 Å². The van der Waals surface area contributed by atoms with Crippen LogP contribution in [0, 0.1) is 5.92 Å². The monoisotopic (exact) mass is 321 g/mol. The van der Waals surface area contributed by atoms with Crippen LogP contribution >= 0.6 is 0 Å². The minimum absolute atomic E-state index is 0.0891. The fourth-order valence-corrected chi connectivity index (χ4v) is 1.71. The Kier molecular flexibility index (Phi) is 7.59. The number of benzene rings is 1. The van der Waals surface area contributed by atoms with Crippen molar-refractivity contribution in [1.29, 1.82) is 0 Å². The van der Waals surface area contributed by atoms with E-state index in [9.17, 15) is 14.4 Å². The summed E-state index contributed by atoms with van der Waals surface area (Å²) in [5.74, 6) is -0.0398. The van der Waals surface area contributed by atoms with E-state index in [0.29, 0.717) is 6.54 Å². The van der Waals surface area contributed by atoms with Gasteiger partial charge in [-0.05, 0) is 18.4 Å². The highest BCUT2D eigenvalue weighted by atomic mass is 16.6. The van der Waals surface area contributed by atoms with Crippen LogP contribution in [-0.4, -0.2) is 36.0 Å². The number of rotatable bonds is 6. The van der Waals surface area contributed by atoms with Gasteiger partial charge in [0.15, 0.2) is 0 Å². The lowest BCUT2D eigenvalue weighted by Gasteiger charge is -2.24. The first kappa shape index (κ1) is 18.5. The number of Topliss-reactive ketones (excluding diaryl/α,β-unsaturated/α-hetero) is 1. The van der Waals surface area contributed by atoms with Crippen LogP contribution in [0.2, 0.25) is 0 Å². The smallest absolute Gasteiger partial charge is 0.426 e. The number of urea groups is 1. The van der Waals surface area contributed by atoms with E-state index in [1.54, 1.807) is 0 Å².